The molecule has 0 bridgehead atoms. The Morgan fingerprint density at radius 1 is 1.22 bits per heavy atom. The maximum atomic E-state index is 11.9. The average molecular weight is 402 g/mol. The molecule has 0 heterocycles. The number of thioether (sulfide) groups is 1. The predicted octanol–water partition coefficient (Wildman–Crippen LogP) is 0.220. The minimum Gasteiger partial charge on any atom is -0.875 e. The quantitative estimate of drug-likeness (QED) is 0.385. The summed E-state index contributed by atoms with van der Waals surface area (Å²) in [5, 5.41) is 11.9. The van der Waals surface area contributed by atoms with Gasteiger partial charge >= 0.3 is 35.5 Å². The Kier molecular flexibility index (Phi) is 13.6. The number of rotatable bonds is 6. The SMILES string of the molecule is CCC.COC(=O)C1C([O-])=CC(=O)CC1CCSc1ccc(OC)cc1.[Na+]. The van der Waals surface area contributed by atoms with Crippen molar-refractivity contribution in [3.8, 4) is 5.75 Å². The van der Waals surface area contributed by atoms with Crippen molar-refractivity contribution in [2.24, 2.45) is 11.8 Å². The molecule has 2 rings (SSSR count). The van der Waals surface area contributed by atoms with E-state index >= 15 is 0 Å². The van der Waals surface area contributed by atoms with Crippen molar-refractivity contribution in [1.82, 2.24) is 0 Å². The van der Waals surface area contributed by atoms with Crippen molar-refractivity contribution in [3.63, 3.8) is 0 Å². The Labute approximate surface area is 188 Å². The van der Waals surface area contributed by atoms with Crippen LogP contribution in [0, 0.1) is 11.8 Å². The smallest absolute Gasteiger partial charge is 0.875 e. The molecule has 0 fully saturated rings. The Morgan fingerprint density at radius 3 is 2.33 bits per heavy atom. The Balaban J connectivity index is 0.00000158. The van der Waals surface area contributed by atoms with E-state index in [0.29, 0.717) is 12.2 Å². The van der Waals surface area contributed by atoms with Gasteiger partial charge in [0.1, 0.15) is 5.75 Å². The van der Waals surface area contributed by atoms with E-state index in [2.05, 4.69) is 13.8 Å². The van der Waals surface area contributed by atoms with Crippen LogP contribution in [0.2, 0.25) is 0 Å². The molecule has 0 aliphatic heterocycles. The fraction of sp³-hybridized carbons (Fsp3) is 0.500. The maximum absolute atomic E-state index is 11.9. The monoisotopic (exact) mass is 402 g/mol. The van der Waals surface area contributed by atoms with E-state index in [0.717, 1.165) is 16.7 Å². The molecule has 0 amide bonds. The van der Waals surface area contributed by atoms with Crippen molar-refractivity contribution in [1.29, 1.82) is 0 Å². The third-order valence-electron chi connectivity index (χ3n) is 3.82. The number of benzene rings is 1. The number of hydrogen-bond donors (Lipinski definition) is 0. The maximum Gasteiger partial charge on any atom is 1.00 e. The van der Waals surface area contributed by atoms with Gasteiger partial charge in [-0.2, -0.15) is 0 Å². The molecule has 0 spiro atoms. The van der Waals surface area contributed by atoms with Gasteiger partial charge in [0, 0.05) is 11.3 Å². The Morgan fingerprint density at radius 2 is 1.81 bits per heavy atom. The van der Waals surface area contributed by atoms with Crippen LogP contribution in [0.1, 0.15) is 33.1 Å². The number of ether oxygens (including phenoxy) is 2. The van der Waals surface area contributed by atoms with Crippen LogP contribution in [0.5, 0.6) is 5.75 Å². The number of esters is 1. The topological polar surface area (TPSA) is 75.7 Å². The van der Waals surface area contributed by atoms with E-state index in [1.165, 1.54) is 13.5 Å². The van der Waals surface area contributed by atoms with Gasteiger partial charge in [0.25, 0.3) is 0 Å². The molecule has 1 aliphatic rings. The molecule has 2 atom stereocenters. The van der Waals surface area contributed by atoms with Gasteiger partial charge in [0.2, 0.25) is 0 Å². The second-order valence-corrected chi connectivity index (χ2v) is 7.17. The number of ketones is 1. The number of carbonyl (C=O) groups excluding carboxylic acids is 2. The first-order valence-corrected chi connectivity index (χ1v) is 9.71. The van der Waals surface area contributed by atoms with Crippen LogP contribution >= 0.6 is 11.8 Å². The minimum absolute atomic E-state index is 0. The van der Waals surface area contributed by atoms with Crippen molar-refractivity contribution in [2.45, 2.75) is 38.0 Å². The first kappa shape index (κ1) is 26.1. The summed E-state index contributed by atoms with van der Waals surface area (Å²) in [6.07, 6.45) is 3.09. The van der Waals surface area contributed by atoms with E-state index in [4.69, 9.17) is 9.47 Å². The zero-order valence-corrected chi connectivity index (χ0v) is 19.6. The van der Waals surface area contributed by atoms with Crippen LogP contribution in [0.15, 0.2) is 41.0 Å². The first-order chi connectivity index (χ1) is 12.5. The molecule has 1 aliphatic carbocycles. The van der Waals surface area contributed by atoms with E-state index in [-0.39, 0.29) is 47.7 Å². The van der Waals surface area contributed by atoms with Gasteiger partial charge in [-0.05, 0) is 48.4 Å². The number of methoxy groups -OCH3 is 2. The summed E-state index contributed by atoms with van der Waals surface area (Å²) in [5.41, 5.74) is 0. The number of hydrogen-bond acceptors (Lipinski definition) is 6. The fourth-order valence-corrected chi connectivity index (χ4v) is 3.61. The molecule has 0 saturated heterocycles. The molecule has 0 N–H and O–H groups in total. The summed E-state index contributed by atoms with van der Waals surface area (Å²) in [5.74, 6) is -0.850. The summed E-state index contributed by atoms with van der Waals surface area (Å²) in [4.78, 5) is 24.5. The summed E-state index contributed by atoms with van der Waals surface area (Å²) in [6, 6.07) is 7.66. The van der Waals surface area contributed by atoms with Gasteiger partial charge in [-0.1, -0.05) is 20.3 Å². The molecule has 2 unspecified atom stereocenters. The van der Waals surface area contributed by atoms with Crippen LogP contribution in [-0.2, 0) is 14.3 Å². The largest absolute Gasteiger partial charge is 1.00 e. The zero-order valence-electron chi connectivity index (χ0n) is 16.8. The Bertz CT molecular complexity index is 615. The van der Waals surface area contributed by atoms with Crippen LogP contribution in [-0.4, -0.2) is 31.7 Å². The number of carbonyl (C=O) groups is 2. The summed E-state index contributed by atoms with van der Waals surface area (Å²) < 4.78 is 9.81. The molecule has 5 nitrogen and oxygen atoms in total. The standard InChI is InChI=1S/C17H20O5S.C3H8.Na/c1-21-13-3-5-14(6-4-13)23-8-7-11-9-12(18)10-15(19)16(11)17(20)22-2;1-3-2;/h3-6,10-11,16,19H,7-9H2,1-2H3;3H2,1-2H3;/q;;+1/p-1. The van der Waals surface area contributed by atoms with Crippen LogP contribution in [0.4, 0.5) is 0 Å². The van der Waals surface area contributed by atoms with E-state index in [1.54, 1.807) is 18.9 Å². The second kappa shape index (κ2) is 14.1. The van der Waals surface area contributed by atoms with E-state index in [9.17, 15) is 14.7 Å². The predicted molar refractivity (Wildman–Crippen MR) is 101 cm³/mol. The van der Waals surface area contributed by atoms with Crippen LogP contribution < -0.4 is 39.4 Å². The summed E-state index contributed by atoms with van der Waals surface area (Å²) >= 11 is 1.62. The van der Waals surface area contributed by atoms with Gasteiger partial charge < -0.3 is 14.6 Å². The van der Waals surface area contributed by atoms with Crippen molar-refractivity contribution in [2.75, 3.05) is 20.0 Å². The second-order valence-electron chi connectivity index (χ2n) is 6.00. The van der Waals surface area contributed by atoms with Crippen LogP contribution in [0.25, 0.3) is 0 Å². The van der Waals surface area contributed by atoms with Crippen molar-refractivity contribution >= 4 is 23.5 Å². The van der Waals surface area contributed by atoms with Gasteiger partial charge in [-0.25, -0.2) is 0 Å². The zero-order chi connectivity index (χ0) is 19.5. The molecule has 0 aromatic heterocycles. The van der Waals surface area contributed by atoms with E-state index < -0.39 is 17.6 Å². The van der Waals surface area contributed by atoms with Gasteiger partial charge in [-0.3, -0.25) is 9.59 Å². The number of allylic oxidation sites excluding steroid dienone is 1. The Hall–Kier alpha value is -0.950. The third kappa shape index (κ3) is 8.73. The normalized spacial score (nSPS) is 18.4. The molecular weight excluding hydrogens is 375 g/mol. The van der Waals surface area contributed by atoms with Gasteiger partial charge in [0.15, 0.2) is 5.78 Å². The molecule has 27 heavy (non-hydrogen) atoms. The molecule has 7 heteroatoms. The summed E-state index contributed by atoms with van der Waals surface area (Å²) in [7, 11) is 2.87. The molecular formula is C20H27NaO5S. The minimum atomic E-state index is -0.853. The molecule has 1 aromatic carbocycles. The molecule has 0 saturated carbocycles. The van der Waals surface area contributed by atoms with Gasteiger partial charge in [-0.15, -0.1) is 17.5 Å². The van der Waals surface area contributed by atoms with Crippen molar-refractivity contribution < 1.29 is 53.7 Å². The summed E-state index contributed by atoms with van der Waals surface area (Å²) in [6.45, 7) is 4.25. The average Bonchev–Trinajstić information content (AvgIpc) is 2.62. The van der Waals surface area contributed by atoms with Gasteiger partial charge in [0.05, 0.1) is 20.1 Å². The third-order valence-corrected chi connectivity index (χ3v) is 4.86. The molecule has 0 radical (unpaired) electrons. The fourth-order valence-electron chi connectivity index (χ4n) is 2.62. The van der Waals surface area contributed by atoms with E-state index in [1.807, 2.05) is 24.3 Å². The van der Waals surface area contributed by atoms with Crippen molar-refractivity contribution in [3.05, 3.63) is 36.1 Å². The first-order valence-electron chi connectivity index (χ1n) is 8.72. The van der Waals surface area contributed by atoms with Crippen LogP contribution in [0.3, 0.4) is 0 Å². The molecule has 1 aromatic rings. The molecule has 144 valence electrons.